The first-order valence-corrected chi connectivity index (χ1v) is 5.08. The highest BCUT2D eigenvalue weighted by Gasteiger charge is 2.21. The third-order valence-corrected chi connectivity index (χ3v) is 2.76. The lowest BCUT2D eigenvalue weighted by Crippen LogP contribution is -2.17. The predicted molar refractivity (Wildman–Crippen MR) is 56.9 cm³/mol. The molecule has 2 atom stereocenters. The van der Waals surface area contributed by atoms with Crippen LogP contribution in [0, 0.1) is 5.92 Å². The van der Waals surface area contributed by atoms with E-state index in [0.29, 0.717) is 11.9 Å². The molecule has 1 aromatic rings. The van der Waals surface area contributed by atoms with Crippen molar-refractivity contribution >= 4 is 11.6 Å². The van der Waals surface area contributed by atoms with E-state index in [9.17, 15) is 0 Å². The maximum atomic E-state index is 5.70. The van der Waals surface area contributed by atoms with E-state index in [1.165, 1.54) is 19.3 Å². The van der Waals surface area contributed by atoms with Gasteiger partial charge in [-0.15, -0.1) is 0 Å². The Kier molecular flexibility index (Phi) is 2.52. The van der Waals surface area contributed by atoms with Crippen LogP contribution in [-0.4, -0.2) is 16.0 Å². The molecule has 1 heterocycles. The summed E-state index contributed by atoms with van der Waals surface area (Å²) < 4.78 is 0. The van der Waals surface area contributed by atoms with Crippen LogP contribution in [0.15, 0.2) is 12.4 Å². The number of nitrogens with two attached hydrogens (primary N) is 1. The molecule has 76 valence electrons. The Morgan fingerprint density at radius 2 is 2.14 bits per heavy atom. The van der Waals surface area contributed by atoms with Crippen molar-refractivity contribution in [1.82, 2.24) is 9.97 Å². The molecule has 0 aromatic carbocycles. The van der Waals surface area contributed by atoms with E-state index in [4.69, 9.17) is 5.73 Å². The molecule has 0 bridgehead atoms. The zero-order valence-electron chi connectivity index (χ0n) is 8.40. The van der Waals surface area contributed by atoms with Crippen LogP contribution in [0.1, 0.15) is 26.2 Å². The van der Waals surface area contributed by atoms with Gasteiger partial charge in [-0.2, -0.15) is 0 Å². The van der Waals surface area contributed by atoms with Gasteiger partial charge in [-0.3, -0.25) is 0 Å². The second-order valence-corrected chi connectivity index (χ2v) is 4.05. The van der Waals surface area contributed by atoms with Crippen molar-refractivity contribution in [2.75, 3.05) is 11.1 Å². The van der Waals surface area contributed by atoms with Gasteiger partial charge in [0.2, 0.25) is 0 Å². The van der Waals surface area contributed by atoms with Crippen molar-refractivity contribution in [3.05, 3.63) is 12.4 Å². The van der Waals surface area contributed by atoms with Gasteiger partial charge >= 0.3 is 0 Å². The summed E-state index contributed by atoms with van der Waals surface area (Å²) in [5.41, 5.74) is 5.70. The van der Waals surface area contributed by atoms with Crippen LogP contribution < -0.4 is 11.1 Å². The van der Waals surface area contributed by atoms with Crippen molar-refractivity contribution in [2.24, 2.45) is 5.92 Å². The molecule has 0 spiro atoms. The van der Waals surface area contributed by atoms with Crippen LogP contribution in [0.4, 0.5) is 11.6 Å². The lowest BCUT2D eigenvalue weighted by atomic mass is 10.1. The summed E-state index contributed by atoms with van der Waals surface area (Å²) in [5, 5.41) is 3.34. The number of hydrogen-bond acceptors (Lipinski definition) is 4. The third kappa shape index (κ3) is 1.95. The fourth-order valence-corrected chi connectivity index (χ4v) is 1.99. The van der Waals surface area contributed by atoms with E-state index in [-0.39, 0.29) is 0 Å². The van der Waals surface area contributed by atoms with E-state index in [2.05, 4.69) is 22.2 Å². The molecule has 0 amide bonds. The summed E-state index contributed by atoms with van der Waals surface area (Å²) in [7, 11) is 0. The maximum absolute atomic E-state index is 5.70. The Bertz CT molecular complexity index is 313. The van der Waals surface area contributed by atoms with Gasteiger partial charge < -0.3 is 11.1 Å². The minimum Gasteiger partial charge on any atom is -0.381 e. The lowest BCUT2D eigenvalue weighted by molar-refractivity contribution is 0.602. The second-order valence-electron chi connectivity index (χ2n) is 4.05. The van der Waals surface area contributed by atoms with Crippen LogP contribution in [0.5, 0.6) is 0 Å². The summed E-state index contributed by atoms with van der Waals surface area (Å²) in [4.78, 5) is 8.16. The molecule has 0 aliphatic heterocycles. The van der Waals surface area contributed by atoms with Gasteiger partial charge in [0.15, 0.2) is 11.6 Å². The zero-order valence-corrected chi connectivity index (χ0v) is 8.40. The van der Waals surface area contributed by atoms with Crippen LogP contribution in [0.3, 0.4) is 0 Å². The largest absolute Gasteiger partial charge is 0.381 e. The fourth-order valence-electron chi connectivity index (χ4n) is 1.99. The predicted octanol–water partition coefficient (Wildman–Crippen LogP) is 1.66. The monoisotopic (exact) mass is 192 g/mol. The van der Waals surface area contributed by atoms with Crippen molar-refractivity contribution in [3.8, 4) is 0 Å². The molecular formula is C10H16N4. The average Bonchev–Trinajstić information content (AvgIpc) is 2.56. The molecule has 1 saturated carbocycles. The normalized spacial score (nSPS) is 26.4. The topological polar surface area (TPSA) is 63.8 Å². The summed E-state index contributed by atoms with van der Waals surface area (Å²) in [6.45, 7) is 2.28. The third-order valence-electron chi connectivity index (χ3n) is 2.76. The second kappa shape index (κ2) is 3.82. The Morgan fingerprint density at radius 3 is 2.79 bits per heavy atom. The van der Waals surface area contributed by atoms with Gasteiger partial charge in [0.05, 0.1) is 0 Å². The summed E-state index contributed by atoms with van der Waals surface area (Å²) in [5.74, 6) is 2.03. The van der Waals surface area contributed by atoms with Gasteiger partial charge in [0.25, 0.3) is 0 Å². The minimum atomic E-state index is 0.493. The number of hydrogen-bond donors (Lipinski definition) is 2. The molecule has 1 aromatic heterocycles. The molecular weight excluding hydrogens is 176 g/mol. The van der Waals surface area contributed by atoms with Gasteiger partial charge in [-0.05, 0) is 25.2 Å². The van der Waals surface area contributed by atoms with Crippen molar-refractivity contribution in [2.45, 2.75) is 32.2 Å². The standard InChI is InChI=1S/C10H16N4/c1-7-2-3-8(6-7)14-10-9(11)12-4-5-13-10/h4-5,7-8H,2-3,6H2,1H3,(H2,11,12)(H,13,14). The maximum Gasteiger partial charge on any atom is 0.169 e. The SMILES string of the molecule is CC1CCC(Nc2nccnc2N)C1. The van der Waals surface area contributed by atoms with Crippen LogP contribution in [0.25, 0.3) is 0 Å². The van der Waals surface area contributed by atoms with Crippen molar-refractivity contribution < 1.29 is 0 Å². The molecule has 2 unspecified atom stereocenters. The van der Waals surface area contributed by atoms with Crippen LogP contribution >= 0.6 is 0 Å². The summed E-state index contributed by atoms with van der Waals surface area (Å²) >= 11 is 0. The highest BCUT2D eigenvalue weighted by Crippen LogP contribution is 2.27. The minimum absolute atomic E-state index is 0.493. The molecule has 2 rings (SSSR count). The Hall–Kier alpha value is -1.32. The van der Waals surface area contributed by atoms with E-state index in [1.54, 1.807) is 12.4 Å². The van der Waals surface area contributed by atoms with Crippen molar-refractivity contribution in [3.63, 3.8) is 0 Å². The molecule has 4 heteroatoms. The Morgan fingerprint density at radius 1 is 1.36 bits per heavy atom. The quantitative estimate of drug-likeness (QED) is 0.748. The molecule has 14 heavy (non-hydrogen) atoms. The number of nitrogens with one attached hydrogen (secondary N) is 1. The number of nitrogens with zero attached hydrogens (tertiary/aromatic N) is 2. The molecule has 1 aliphatic rings. The summed E-state index contributed by atoms with van der Waals surface area (Å²) in [6.07, 6.45) is 6.97. The van der Waals surface area contributed by atoms with Crippen LogP contribution in [0.2, 0.25) is 0 Å². The number of anilines is 2. The molecule has 1 fully saturated rings. The molecule has 0 saturated heterocycles. The highest BCUT2D eigenvalue weighted by molar-refractivity contribution is 5.55. The summed E-state index contributed by atoms with van der Waals surface area (Å²) in [6, 6.07) is 0.518. The fraction of sp³-hybridized carbons (Fsp3) is 0.600. The lowest BCUT2D eigenvalue weighted by Gasteiger charge is -2.13. The molecule has 3 N–H and O–H groups in total. The molecule has 4 nitrogen and oxygen atoms in total. The van der Waals surface area contributed by atoms with E-state index >= 15 is 0 Å². The first-order valence-electron chi connectivity index (χ1n) is 5.08. The molecule has 0 radical (unpaired) electrons. The zero-order chi connectivity index (χ0) is 9.97. The number of aromatic nitrogens is 2. The van der Waals surface area contributed by atoms with Gasteiger partial charge in [-0.1, -0.05) is 6.92 Å². The van der Waals surface area contributed by atoms with E-state index in [0.717, 1.165) is 11.7 Å². The van der Waals surface area contributed by atoms with E-state index < -0.39 is 0 Å². The number of rotatable bonds is 2. The van der Waals surface area contributed by atoms with Crippen LogP contribution in [-0.2, 0) is 0 Å². The number of nitrogen functional groups attached to an aromatic ring is 1. The highest BCUT2D eigenvalue weighted by atomic mass is 15.1. The smallest absolute Gasteiger partial charge is 0.169 e. The Balaban J connectivity index is 2.01. The Labute approximate surface area is 83.9 Å². The first kappa shape index (κ1) is 9.24. The first-order chi connectivity index (χ1) is 6.75. The average molecular weight is 192 g/mol. The van der Waals surface area contributed by atoms with Gasteiger partial charge in [0, 0.05) is 18.4 Å². The molecule has 1 aliphatic carbocycles. The van der Waals surface area contributed by atoms with Gasteiger partial charge in [-0.25, -0.2) is 9.97 Å². The van der Waals surface area contributed by atoms with Crippen molar-refractivity contribution in [1.29, 1.82) is 0 Å². The van der Waals surface area contributed by atoms with E-state index in [1.807, 2.05) is 0 Å². The van der Waals surface area contributed by atoms with Gasteiger partial charge in [0.1, 0.15) is 0 Å².